The lowest BCUT2D eigenvalue weighted by Gasteiger charge is -2.31. The Morgan fingerprint density at radius 1 is 0.944 bits per heavy atom. The number of Topliss-reactive ketones (excluding diaryl/α,β-unsaturated/α-hetero) is 1. The van der Waals surface area contributed by atoms with Gasteiger partial charge in [-0.15, -0.1) is 0 Å². The van der Waals surface area contributed by atoms with Crippen molar-refractivity contribution in [3.05, 3.63) is 65.2 Å². The van der Waals surface area contributed by atoms with Crippen molar-refractivity contribution in [2.45, 2.75) is 19.1 Å². The molecule has 2 amide bonds. The predicted octanol–water partition coefficient (Wildman–Crippen LogP) is 0.313. The van der Waals surface area contributed by atoms with Gasteiger partial charge in [-0.1, -0.05) is 11.8 Å². The number of piperazine rings is 1. The van der Waals surface area contributed by atoms with Gasteiger partial charge >= 0.3 is 0 Å². The number of rotatable bonds is 8. The largest absolute Gasteiger partial charge is 0.391 e. The Balaban J connectivity index is 1.53. The highest BCUT2D eigenvalue weighted by molar-refractivity contribution is 5.98. The first kappa shape index (κ1) is 27.0. The molecule has 0 radical (unpaired) electrons. The Bertz CT molecular complexity index is 1110. The van der Waals surface area contributed by atoms with Crippen molar-refractivity contribution >= 4 is 23.3 Å². The number of hydrogen-bond donors (Lipinski definition) is 4. The summed E-state index contributed by atoms with van der Waals surface area (Å²) in [6, 6.07) is 12.6. The average molecular weight is 493 g/mol. The van der Waals surface area contributed by atoms with Crippen molar-refractivity contribution in [1.29, 1.82) is 0 Å². The molecule has 2 aromatic carbocycles. The molecule has 0 aliphatic carbocycles. The van der Waals surface area contributed by atoms with Crippen molar-refractivity contribution in [2.75, 3.05) is 51.7 Å². The summed E-state index contributed by atoms with van der Waals surface area (Å²) in [5.41, 5.74) is 2.48. The number of nitrogens with one attached hydrogen (secondary N) is 2. The Morgan fingerprint density at radius 2 is 1.50 bits per heavy atom. The normalized spacial score (nSPS) is 15.8. The highest BCUT2D eigenvalue weighted by atomic mass is 16.3. The molecule has 36 heavy (non-hydrogen) atoms. The van der Waals surface area contributed by atoms with Gasteiger partial charge in [-0.25, -0.2) is 0 Å². The van der Waals surface area contributed by atoms with Gasteiger partial charge in [0.15, 0.2) is 5.78 Å². The highest BCUT2D eigenvalue weighted by Crippen LogP contribution is 2.10. The number of aliphatic hydroxyl groups excluding tert-OH is 2. The maximum atomic E-state index is 12.4. The van der Waals surface area contributed by atoms with E-state index in [1.165, 1.54) is 6.92 Å². The molecule has 2 aromatic rings. The van der Waals surface area contributed by atoms with Gasteiger partial charge in [-0.05, 0) is 62.5 Å². The van der Waals surface area contributed by atoms with E-state index in [9.17, 15) is 19.5 Å². The quantitative estimate of drug-likeness (QED) is 0.392. The van der Waals surface area contributed by atoms with E-state index in [2.05, 4.69) is 39.3 Å². The number of amides is 2. The molecule has 0 bridgehead atoms. The maximum Gasteiger partial charge on any atom is 0.251 e. The van der Waals surface area contributed by atoms with Crippen molar-refractivity contribution in [3.8, 4) is 11.8 Å². The van der Waals surface area contributed by atoms with Gasteiger partial charge < -0.3 is 25.7 Å². The van der Waals surface area contributed by atoms with Crippen molar-refractivity contribution in [1.82, 2.24) is 15.1 Å². The first-order chi connectivity index (χ1) is 17.2. The van der Waals surface area contributed by atoms with Gasteiger partial charge in [0, 0.05) is 48.6 Å². The van der Waals surface area contributed by atoms with E-state index >= 15 is 0 Å². The first-order valence-corrected chi connectivity index (χ1v) is 11.8. The molecule has 1 saturated heterocycles. The van der Waals surface area contributed by atoms with Crippen LogP contribution in [0.1, 0.15) is 28.4 Å². The van der Waals surface area contributed by atoms with Crippen LogP contribution in [0.15, 0.2) is 48.5 Å². The Morgan fingerprint density at radius 3 is 2.03 bits per heavy atom. The molecule has 0 spiro atoms. The third-order valence-electron chi connectivity index (χ3n) is 5.90. The fraction of sp³-hybridized carbons (Fsp3) is 0.370. The first-order valence-electron chi connectivity index (χ1n) is 11.8. The number of anilines is 1. The van der Waals surface area contributed by atoms with Gasteiger partial charge in [-0.3, -0.25) is 19.3 Å². The molecule has 1 aliphatic rings. The Labute approximate surface area is 211 Å². The average Bonchev–Trinajstić information content (AvgIpc) is 2.87. The number of likely N-dealkylation sites (N-methyl/N-ethyl adjacent to an activating group) is 1. The van der Waals surface area contributed by atoms with Crippen LogP contribution in [0, 0.1) is 11.8 Å². The number of carbonyl (C=O) groups excluding carboxylic acids is 3. The second-order valence-corrected chi connectivity index (χ2v) is 8.85. The van der Waals surface area contributed by atoms with E-state index in [0.29, 0.717) is 23.4 Å². The third-order valence-corrected chi connectivity index (χ3v) is 5.90. The topological polar surface area (TPSA) is 122 Å². The van der Waals surface area contributed by atoms with Crippen molar-refractivity contribution in [3.63, 3.8) is 0 Å². The summed E-state index contributed by atoms with van der Waals surface area (Å²) in [6.45, 7) is 4.67. The summed E-state index contributed by atoms with van der Waals surface area (Å²) < 4.78 is 0. The zero-order chi connectivity index (χ0) is 26.1. The van der Waals surface area contributed by atoms with Crippen LogP contribution in [0.5, 0.6) is 0 Å². The van der Waals surface area contributed by atoms with E-state index in [1.807, 2.05) is 24.3 Å². The van der Waals surface area contributed by atoms with Gasteiger partial charge in [0.1, 0.15) is 12.6 Å². The number of carbonyl (C=O) groups is 3. The molecule has 1 fully saturated rings. The van der Waals surface area contributed by atoms with E-state index in [0.717, 1.165) is 31.7 Å². The van der Waals surface area contributed by atoms with Crippen LogP contribution in [0.3, 0.4) is 0 Å². The fourth-order valence-electron chi connectivity index (χ4n) is 3.69. The minimum Gasteiger partial charge on any atom is -0.391 e. The lowest BCUT2D eigenvalue weighted by molar-refractivity contribution is -0.126. The SMILES string of the molecule is C[C@@H](O)[C@H](NC(=O)c1ccc(C#Cc2ccc(NC(=O)CN3CCN(C)CC3)cc2)cc1)C(=O)CO. The molecule has 0 saturated carbocycles. The van der Waals surface area contributed by atoms with Crippen LogP contribution < -0.4 is 10.6 Å². The zero-order valence-electron chi connectivity index (χ0n) is 20.5. The summed E-state index contributed by atoms with van der Waals surface area (Å²) in [4.78, 5) is 40.8. The number of nitrogens with zero attached hydrogens (tertiary/aromatic N) is 2. The van der Waals surface area contributed by atoms with E-state index in [-0.39, 0.29) is 5.91 Å². The Kier molecular flexibility index (Phi) is 9.73. The molecular formula is C27H32N4O5. The summed E-state index contributed by atoms with van der Waals surface area (Å²) >= 11 is 0. The molecule has 190 valence electrons. The Hall–Kier alpha value is -3.55. The molecule has 0 aromatic heterocycles. The van der Waals surface area contributed by atoms with Crippen molar-refractivity contribution < 1.29 is 24.6 Å². The lowest BCUT2D eigenvalue weighted by atomic mass is 10.1. The second-order valence-electron chi connectivity index (χ2n) is 8.85. The van der Waals surface area contributed by atoms with E-state index in [1.54, 1.807) is 24.3 Å². The number of hydrogen-bond acceptors (Lipinski definition) is 7. The lowest BCUT2D eigenvalue weighted by Crippen LogP contribution is -2.48. The number of aliphatic hydroxyl groups is 2. The zero-order valence-corrected chi connectivity index (χ0v) is 20.5. The second kappa shape index (κ2) is 13.0. The summed E-state index contributed by atoms with van der Waals surface area (Å²) in [7, 11) is 2.08. The van der Waals surface area contributed by atoms with Gasteiger partial charge in [0.25, 0.3) is 5.91 Å². The van der Waals surface area contributed by atoms with Crippen LogP contribution in [-0.4, -0.2) is 96.1 Å². The van der Waals surface area contributed by atoms with E-state index < -0.39 is 30.4 Å². The number of ketones is 1. The molecule has 4 N–H and O–H groups in total. The van der Waals surface area contributed by atoms with Crippen LogP contribution in [0.25, 0.3) is 0 Å². The predicted molar refractivity (Wildman–Crippen MR) is 136 cm³/mol. The van der Waals surface area contributed by atoms with Gasteiger partial charge in [0.05, 0.1) is 12.6 Å². The molecule has 1 aliphatic heterocycles. The summed E-state index contributed by atoms with van der Waals surface area (Å²) in [5, 5.41) is 24.0. The van der Waals surface area contributed by atoms with Crippen LogP contribution in [0.4, 0.5) is 5.69 Å². The summed E-state index contributed by atoms with van der Waals surface area (Å²) in [6.07, 6.45) is -1.13. The molecule has 9 heteroatoms. The molecule has 3 rings (SSSR count). The van der Waals surface area contributed by atoms with Gasteiger partial charge in [-0.2, -0.15) is 0 Å². The molecular weight excluding hydrogens is 460 g/mol. The van der Waals surface area contributed by atoms with Gasteiger partial charge in [0.2, 0.25) is 5.91 Å². The molecule has 2 atom stereocenters. The molecule has 0 unspecified atom stereocenters. The smallest absolute Gasteiger partial charge is 0.251 e. The minimum absolute atomic E-state index is 0.0389. The standard InChI is InChI=1S/C27H32N4O5/c1-19(33)26(24(34)18-32)29-27(36)22-9-5-20(6-10-22)3-4-21-7-11-23(12-8-21)28-25(35)17-31-15-13-30(2)14-16-31/h5-12,19,26,32-33H,13-18H2,1-2H3,(H,28,35)(H,29,36)/t19-,26+/m1/s1. The number of benzene rings is 2. The fourth-order valence-corrected chi connectivity index (χ4v) is 3.69. The molecule has 1 heterocycles. The highest BCUT2D eigenvalue weighted by Gasteiger charge is 2.25. The minimum atomic E-state index is -1.18. The van der Waals surface area contributed by atoms with E-state index in [4.69, 9.17) is 5.11 Å². The monoisotopic (exact) mass is 492 g/mol. The third kappa shape index (κ3) is 8.00. The summed E-state index contributed by atoms with van der Waals surface area (Å²) in [5.74, 6) is 4.83. The van der Waals surface area contributed by atoms with Crippen LogP contribution in [0.2, 0.25) is 0 Å². The molecule has 9 nitrogen and oxygen atoms in total. The maximum absolute atomic E-state index is 12.4. The van der Waals surface area contributed by atoms with Crippen molar-refractivity contribution in [2.24, 2.45) is 0 Å². The van der Waals surface area contributed by atoms with Crippen LogP contribution >= 0.6 is 0 Å². The van der Waals surface area contributed by atoms with Crippen LogP contribution in [-0.2, 0) is 9.59 Å².